The molecule has 1 saturated heterocycles. The molecular formula is C16H13F3N4O4. The molecule has 1 amide bonds. The van der Waals surface area contributed by atoms with Gasteiger partial charge in [-0.15, -0.1) is 4.91 Å². The van der Waals surface area contributed by atoms with Crippen molar-refractivity contribution in [2.24, 2.45) is 5.18 Å². The Morgan fingerprint density at radius 1 is 1.19 bits per heavy atom. The number of hydrogen-bond acceptors (Lipinski definition) is 6. The Kier molecular flexibility index (Phi) is 4.68. The maximum atomic E-state index is 13.1. The first kappa shape index (κ1) is 18.5. The molecule has 1 aliphatic heterocycles. The molecule has 142 valence electrons. The van der Waals surface area contributed by atoms with Gasteiger partial charge in [-0.2, -0.15) is 18.3 Å². The summed E-state index contributed by atoms with van der Waals surface area (Å²) < 4.78 is 40.2. The zero-order valence-electron chi connectivity index (χ0n) is 13.7. The van der Waals surface area contributed by atoms with Crippen LogP contribution in [-0.2, 0) is 6.18 Å². The van der Waals surface area contributed by atoms with Crippen LogP contribution in [0.1, 0.15) is 28.9 Å². The minimum absolute atomic E-state index is 0.0954. The molecule has 2 heterocycles. The van der Waals surface area contributed by atoms with Gasteiger partial charge < -0.3 is 10.0 Å². The summed E-state index contributed by atoms with van der Waals surface area (Å²) in [7, 11) is 0. The van der Waals surface area contributed by atoms with Gasteiger partial charge in [0.15, 0.2) is 5.75 Å². The Balaban J connectivity index is 2.25. The third kappa shape index (κ3) is 3.52. The monoisotopic (exact) mass is 382 g/mol. The first-order valence-corrected chi connectivity index (χ1v) is 7.89. The lowest BCUT2D eigenvalue weighted by atomic mass is 10.1. The number of nitrogens with zero attached hydrogens (tertiary/aromatic N) is 4. The van der Waals surface area contributed by atoms with E-state index in [1.165, 1.54) is 6.07 Å². The van der Waals surface area contributed by atoms with Gasteiger partial charge in [0.05, 0.1) is 23.1 Å². The number of amides is 1. The number of hydrogen-bond donors (Lipinski definition) is 1. The highest BCUT2D eigenvalue weighted by Crippen LogP contribution is 2.35. The highest BCUT2D eigenvalue weighted by Gasteiger charge is 2.32. The second-order valence-corrected chi connectivity index (χ2v) is 5.93. The first-order chi connectivity index (χ1) is 12.7. The van der Waals surface area contributed by atoms with E-state index in [9.17, 15) is 32.8 Å². The predicted octanol–water partition coefficient (Wildman–Crippen LogP) is 2.46. The molecule has 1 fully saturated rings. The smallest absolute Gasteiger partial charge is 0.416 e. The molecule has 1 aromatic heterocycles. The summed E-state index contributed by atoms with van der Waals surface area (Å²) >= 11 is 0. The lowest BCUT2D eigenvalue weighted by Gasteiger charge is -2.23. The molecule has 11 heteroatoms. The summed E-state index contributed by atoms with van der Waals surface area (Å²) in [5, 5.41) is 15.5. The van der Waals surface area contributed by atoms with Crippen LogP contribution in [0.3, 0.4) is 0 Å². The minimum atomic E-state index is -4.64. The van der Waals surface area contributed by atoms with Gasteiger partial charge in [0, 0.05) is 18.3 Å². The number of nitroso groups, excluding NO2 is 1. The average molecular weight is 382 g/mol. The van der Waals surface area contributed by atoms with Crippen LogP contribution in [-0.4, -0.2) is 33.9 Å². The molecule has 0 radical (unpaired) electrons. The van der Waals surface area contributed by atoms with Crippen molar-refractivity contribution < 1.29 is 23.1 Å². The van der Waals surface area contributed by atoms with Crippen molar-refractivity contribution in [1.29, 1.82) is 0 Å². The van der Waals surface area contributed by atoms with Crippen molar-refractivity contribution in [1.82, 2.24) is 9.78 Å². The van der Waals surface area contributed by atoms with E-state index >= 15 is 0 Å². The number of benzene rings is 1. The molecule has 0 spiro atoms. The molecule has 1 N–H and O–H groups in total. The Morgan fingerprint density at radius 3 is 2.44 bits per heavy atom. The molecule has 8 nitrogen and oxygen atoms in total. The molecule has 0 saturated carbocycles. The zero-order valence-corrected chi connectivity index (χ0v) is 13.7. The topological polar surface area (TPSA) is 105 Å². The second-order valence-electron chi connectivity index (χ2n) is 5.93. The van der Waals surface area contributed by atoms with E-state index in [0.717, 1.165) is 35.9 Å². The van der Waals surface area contributed by atoms with Crippen LogP contribution in [0.25, 0.3) is 5.69 Å². The summed E-state index contributed by atoms with van der Waals surface area (Å²) in [6.45, 7) is 1.21. The summed E-state index contributed by atoms with van der Waals surface area (Å²) in [4.78, 5) is 35.5. The van der Waals surface area contributed by atoms with Crippen LogP contribution >= 0.6 is 0 Å². The van der Waals surface area contributed by atoms with Crippen LogP contribution in [0.15, 0.2) is 34.4 Å². The summed E-state index contributed by atoms with van der Waals surface area (Å²) in [5.74, 6) is -2.47. The molecule has 0 atom stereocenters. The van der Waals surface area contributed by atoms with Crippen LogP contribution in [0.4, 0.5) is 18.9 Å². The Bertz CT molecular complexity index is 965. The number of carbonyl (C=O) groups excluding carboxylic acids is 1. The average Bonchev–Trinajstić information content (AvgIpc) is 3.16. The Hall–Kier alpha value is -3.24. The van der Waals surface area contributed by atoms with E-state index < -0.39 is 34.5 Å². The van der Waals surface area contributed by atoms with Crippen molar-refractivity contribution in [3.05, 3.63) is 50.8 Å². The molecule has 1 aromatic carbocycles. The van der Waals surface area contributed by atoms with Crippen LogP contribution in [0.5, 0.6) is 5.75 Å². The van der Waals surface area contributed by atoms with E-state index in [1.54, 1.807) is 0 Å². The molecule has 1 aliphatic rings. The van der Waals surface area contributed by atoms with Crippen LogP contribution < -0.4 is 10.3 Å². The molecule has 27 heavy (non-hydrogen) atoms. The molecule has 0 bridgehead atoms. The third-order valence-electron chi connectivity index (χ3n) is 4.18. The lowest BCUT2D eigenvalue weighted by Crippen LogP contribution is -2.24. The minimum Gasteiger partial charge on any atom is -0.503 e. The standard InChI is InChI=1S/C16H13F3N4O4/c17-16(18,19)9-3-4-10(22-5-1-2-6-22)11(7-9)23-8-12(24)14(25)13(20-23)15(26)21-27/h3-4,7-8,24H,1-2,5-6H2. The zero-order chi connectivity index (χ0) is 19.8. The number of aromatic hydroxyl groups is 1. The van der Waals surface area contributed by atoms with Crippen molar-refractivity contribution in [3.63, 3.8) is 0 Å². The predicted molar refractivity (Wildman–Crippen MR) is 88.1 cm³/mol. The van der Waals surface area contributed by atoms with Gasteiger partial charge in [-0.25, -0.2) is 4.68 Å². The molecular weight excluding hydrogens is 369 g/mol. The number of carbonyl (C=O) groups is 1. The van der Waals surface area contributed by atoms with E-state index in [-0.39, 0.29) is 5.69 Å². The highest BCUT2D eigenvalue weighted by atomic mass is 19.4. The summed E-state index contributed by atoms with van der Waals surface area (Å²) in [6, 6.07) is 2.98. The van der Waals surface area contributed by atoms with Crippen molar-refractivity contribution in [2.75, 3.05) is 18.0 Å². The van der Waals surface area contributed by atoms with Gasteiger partial charge in [0.1, 0.15) is 0 Å². The molecule has 0 unspecified atom stereocenters. The van der Waals surface area contributed by atoms with E-state index in [0.29, 0.717) is 18.8 Å². The second kappa shape index (κ2) is 6.82. The number of alkyl halides is 3. The number of aromatic nitrogens is 2. The largest absolute Gasteiger partial charge is 0.503 e. The van der Waals surface area contributed by atoms with Gasteiger partial charge in [0.2, 0.25) is 5.69 Å². The van der Waals surface area contributed by atoms with Gasteiger partial charge in [-0.05, 0) is 31.0 Å². The van der Waals surface area contributed by atoms with Crippen molar-refractivity contribution in [2.45, 2.75) is 19.0 Å². The van der Waals surface area contributed by atoms with E-state index in [1.807, 2.05) is 4.90 Å². The van der Waals surface area contributed by atoms with E-state index in [4.69, 9.17) is 0 Å². The summed E-state index contributed by atoms with van der Waals surface area (Å²) in [5.41, 5.74) is -2.89. The molecule has 0 aliphatic carbocycles. The fourth-order valence-electron chi connectivity index (χ4n) is 2.89. The van der Waals surface area contributed by atoms with Crippen molar-refractivity contribution >= 4 is 11.6 Å². The van der Waals surface area contributed by atoms with Gasteiger partial charge in [-0.3, -0.25) is 9.59 Å². The SMILES string of the molecule is O=NC(=O)c1nn(-c2cc(C(F)(F)F)ccc2N2CCCC2)cc(O)c1=O. The number of anilines is 1. The fourth-order valence-corrected chi connectivity index (χ4v) is 2.89. The van der Waals surface area contributed by atoms with Crippen LogP contribution in [0, 0.1) is 4.91 Å². The van der Waals surface area contributed by atoms with Gasteiger partial charge in [0.25, 0.3) is 5.43 Å². The molecule has 3 rings (SSSR count). The number of halogens is 3. The number of rotatable bonds is 3. The Morgan fingerprint density at radius 2 is 1.85 bits per heavy atom. The van der Waals surface area contributed by atoms with Gasteiger partial charge in [-0.1, -0.05) is 0 Å². The van der Waals surface area contributed by atoms with Crippen molar-refractivity contribution in [3.8, 4) is 11.4 Å². The third-order valence-corrected chi connectivity index (χ3v) is 4.18. The van der Waals surface area contributed by atoms with Gasteiger partial charge >= 0.3 is 12.1 Å². The maximum Gasteiger partial charge on any atom is 0.416 e. The Labute approximate surface area is 149 Å². The van der Waals surface area contributed by atoms with Crippen LogP contribution in [0.2, 0.25) is 0 Å². The van der Waals surface area contributed by atoms with E-state index in [2.05, 4.69) is 10.3 Å². The maximum absolute atomic E-state index is 13.1. The molecule has 2 aromatic rings. The normalized spacial score (nSPS) is 14.4. The highest BCUT2D eigenvalue weighted by molar-refractivity contribution is 5.92. The summed E-state index contributed by atoms with van der Waals surface area (Å²) in [6.07, 6.45) is -2.15. The fraction of sp³-hybridized carbons (Fsp3) is 0.312. The first-order valence-electron chi connectivity index (χ1n) is 7.89. The quantitative estimate of drug-likeness (QED) is 0.818. The lowest BCUT2D eigenvalue weighted by molar-refractivity contribution is -0.137.